The second-order valence-corrected chi connectivity index (χ2v) is 6.22. The fraction of sp³-hybridized carbons (Fsp3) is 0.467. The maximum absolute atomic E-state index is 12.3. The summed E-state index contributed by atoms with van der Waals surface area (Å²) in [5, 5.41) is 13.2. The number of rotatable bonds is 4. The first kappa shape index (κ1) is 18.1. The van der Waals surface area contributed by atoms with Gasteiger partial charge in [0.1, 0.15) is 12.6 Å². The molecule has 1 fully saturated rings. The van der Waals surface area contributed by atoms with Crippen molar-refractivity contribution in [3.05, 3.63) is 39.9 Å². The van der Waals surface area contributed by atoms with Gasteiger partial charge in [-0.1, -0.05) is 0 Å². The predicted octanol–water partition coefficient (Wildman–Crippen LogP) is 1.74. The van der Waals surface area contributed by atoms with Gasteiger partial charge < -0.3 is 10.1 Å². The first-order valence-corrected chi connectivity index (χ1v) is 8.00. The molecular weight excluding hydrogens is 334 g/mol. The van der Waals surface area contributed by atoms with Crippen LogP contribution in [0.1, 0.15) is 18.4 Å². The molecule has 0 aromatic heterocycles. The molecule has 1 aliphatic heterocycles. The van der Waals surface area contributed by atoms with E-state index in [0.29, 0.717) is 18.5 Å². The SMILES string of the molecule is CNC(=O)[C@@H]1CC[C@H](S)CN1C(=O)OCc1ccc([N+](=O)[O-])cc1. The zero-order valence-electron chi connectivity index (χ0n) is 13.2. The van der Waals surface area contributed by atoms with Crippen LogP contribution in [0.25, 0.3) is 0 Å². The summed E-state index contributed by atoms with van der Waals surface area (Å²) in [4.78, 5) is 35.7. The Kier molecular flexibility index (Phi) is 6.02. The number of piperidine rings is 1. The van der Waals surface area contributed by atoms with Gasteiger partial charge in [-0.25, -0.2) is 4.79 Å². The number of nitro benzene ring substituents is 1. The first-order chi connectivity index (χ1) is 11.4. The van der Waals surface area contributed by atoms with Crippen LogP contribution in [0.15, 0.2) is 24.3 Å². The van der Waals surface area contributed by atoms with Crippen molar-refractivity contribution < 1.29 is 19.2 Å². The van der Waals surface area contributed by atoms with E-state index in [1.807, 2.05) is 0 Å². The van der Waals surface area contributed by atoms with E-state index in [9.17, 15) is 19.7 Å². The number of nitrogens with zero attached hydrogens (tertiary/aromatic N) is 2. The van der Waals surface area contributed by atoms with Gasteiger partial charge >= 0.3 is 6.09 Å². The summed E-state index contributed by atoms with van der Waals surface area (Å²) < 4.78 is 5.24. The van der Waals surface area contributed by atoms with Gasteiger partial charge in [0.25, 0.3) is 5.69 Å². The number of ether oxygens (including phenoxy) is 1. The Morgan fingerprint density at radius 2 is 2.04 bits per heavy atom. The molecule has 9 heteroatoms. The molecule has 130 valence electrons. The average Bonchev–Trinajstić information content (AvgIpc) is 2.59. The highest BCUT2D eigenvalue weighted by molar-refractivity contribution is 7.81. The van der Waals surface area contributed by atoms with Crippen molar-refractivity contribution in [3.63, 3.8) is 0 Å². The molecule has 2 amide bonds. The van der Waals surface area contributed by atoms with Crippen LogP contribution in [0.5, 0.6) is 0 Å². The largest absolute Gasteiger partial charge is 0.445 e. The second-order valence-electron chi connectivity index (χ2n) is 5.49. The number of nitrogens with one attached hydrogen (secondary N) is 1. The van der Waals surface area contributed by atoms with Crippen molar-refractivity contribution in [1.82, 2.24) is 10.2 Å². The number of carbonyl (C=O) groups is 2. The predicted molar refractivity (Wildman–Crippen MR) is 89.9 cm³/mol. The van der Waals surface area contributed by atoms with Gasteiger partial charge in [0, 0.05) is 31.0 Å². The van der Waals surface area contributed by atoms with Gasteiger partial charge in [0.2, 0.25) is 5.91 Å². The van der Waals surface area contributed by atoms with E-state index in [2.05, 4.69) is 17.9 Å². The fourth-order valence-corrected chi connectivity index (χ4v) is 2.86. The van der Waals surface area contributed by atoms with E-state index < -0.39 is 17.1 Å². The van der Waals surface area contributed by atoms with E-state index in [0.717, 1.165) is 6.42 Å². The van der Waals surface area contributed by atoms with Crippen molar-refractivity contribution in [2.24, 2.45) is 0 Å². The van der Waals surface area contributed by atoms with Crippen LogP contribution in [0.2, 0.25) is 0 Å². The summed E-state index contributed by atoms with van der Waals surface area (Å²) in [5.41, 5.74) is 0.601. The number of likely N-dealkylation sites (N-methyl/N-ethyl adjacent to an activating group) is 1. The Hall–Kier alpha value is -2.29. The highest BCUT2D eigenvalue weighted by Crippen LogP contribution is 2.22. The first-order valence-electron chi connectivity index (χ1n) is 7.48. The molecule has 0 spiro atoms. The highest BCUT2D eigenvalue weighted by Gasteiger charge is 2.35. The monoisotopic (exact) mass is 353 g/mol. The number of amides is 2. The molecule has 1 heterocycles. The standard InChI is InChI=1S/C15H19N3O5S/c1-16-14(19)13-7-6-12(24)8-17(13)15(20)23-9-10-2-4-11(5-3-10)18(21)22/h2-5,12-13,24H,6-9H2,1H3,(H,16,19)/t12-,13-/m0/s1. The molecule has 0 radical (unpaired) electrons. The number of likely N-dealkylation sites (tertiary alicyclic amines) is 1. The van der Waals surface area contributed by atoms with Crippen LogP contribution < -0.4 is 5.32 Å². The van der Waals surface area contributed by atoms with Crippen LogP contribution in [-0.4, -0.2) is 46.7 Å². The topological polar surface area (TPSA) is 102 Å². The van der Waals surface area contributed by atoms with Crippen molar-refractivity contribution in [2.45, 2.75) is 30.7 Å². The van der Waals surface area contributed by atoms with Crippen LogP contribution in [0.3, 0.4) is 0 Å². The van der Waals surface area contributed by atoms with E-state index in [1.54, 1.807) is 0 Å². The summed E-state index contributed by atoms with van der Waals surface area (Å²) >= 11 is 4.38. The number of benzene rings is 1. The summed E-state index contributed by atoms with van der Waals surface area (Å²) in [7, 11) is 1.52. The quantitative estimate of drug-likeness (QED) is 0.488. The van der Waals surface area contributed by atoms with Gasteiger partial charge in [-0.15, -0.1) is 0 Å². The highest BCUT2D eigenvalue weighted by atomic mass is 32.1. The number of thiol groups is 1. The molecule has 1 aromatic carbocycles. The summed E-state index contributed by atoms with van der Waals surface area (Å²) in [6, 6.07) is 5.18. The third kappa shape index (κ3) is 4.38. The molecule has 1 N–H and O–H groups in total. The van der Waals surface area contributed by atoms with Crippen LogP contribution >= 0.6 is 12.6 Å². The van der Waals surface area contributed by atoms with Crippen molar-refractivity contribution in [3.8, 4) is 0 Å². The van der Waals surface area contributed by atoms with Crippen molar-refractivity contribution in [2.75, 3.05) is 13.6 Å². The molecule has 0 bridgehead atoms. The van der Waals surface area contributed by atoms with Gasteiger partial charge in [-0.2, -0.15) is 12.6 Å². The van der Waals surface area contributed by atoms with Crippen molar-refractivity contribution >= 4 is 30.3 Å². The van der Waals surface area contributed by atoms with Crippen molar-refractivity contribution in [1.29, 1.82) is 0 Å². The lowest BCUT2D eigenvalue weighted by Crippen LogP contribution is -2.53. The number of carbonyl (C=O) groups excluding carboxylic acids is 2. The maximum Gasteiger partial charge on any atom is 0.410 e. The zero-order valence-corrected chi connectivity index (χ0v) is 14.1. The Morgan fingerprint density at radius 3 is 2.62 bits per heavy atom. The molecule has 24 heavy (non-hydrogen) atoms. The summed E-state index contributed by atoms with van der Waals surface area (Å²) in [5.74, 6) is -0.234. The smallest absolute Gasteiger partial charge is 0.410 e. The van der Waals surface area contributed by atoms with Gasteiger partial charge in [0.05, 0.1) is 4.92 Å². The molecule has 0 unspecified atom stereocenters. The number of hydrogen-bond acceptors (Lipinski definition) is 6. The Bertz CT molecular complexity index is 622. The molecule has 2 rings (SSSR count). The number of hydrogen-bond donors (Lipinski definition) is 2. The molecule has 0 saturated carbocycles. The van der Waals surface area contributed by atoms with Gasteiger partial charge in [-0.3, -0.25) is 19.8 Å². The average molecular weight is 353 g/mol. The molecule has 1 aliphatic rings. The Morgan fingerprint density at radius 1 is 1.38 bits per heavy atom. The molecule has 1 saturated heterocycles. The molecule has 1 aromatic rings. The molecular formula is C15H19N3O5S. The number of nitro groups is 1. The summed E-state index contributed by atoms with van der Waals surface area (Å²) in [6.45, 7) is 0.311. The van der Waals surface area contributed by atoms with E-state index in [-0.39, 0.29) is 23.5 Å². The second kappa shape index (κ2) is 8.00. The molecule has 0 aliphatic carbocycles. The summed E-state index contributed by atoms with van der Waals surface area (Å²) in [6.07, 6.45) is 0.675. The minimum absolute atomic E-state index is 0.00201. The van der Waals surface area contributed by atoms with Crippen LogP contribution in [-0.2, 0) is 16.1 Å². The lowest BCUT2D eigenvalue weighted by molar-refractivity contribution is -0.384. The third-order valence-electron chi connectivity index (χ3n) is 3.85. The fourth-order valence-electron chi connectivity index (χ4n) is 2.53. The van der Waals surface area contributed by atoms with Crippen LogP contribution in [0.4, 0.5) is 10.5 Å². The van der Waals surface area contributed by atoms with E-state index in [1.165, 1.54) is 36.2 Å². The van der Waals surface area contributed by atoms with Gasteiger partial charge in [0.15, 0.2) is 0 Å². The maximum atomic E-state index is 12.3. The molecule has 2 atom stereocenters. The number of non-ortho nitro benzene ring substituents is 1. The minimum atomic E-state index is -0.597. The lowest BCUT2D eigenvalue weighted by atomic mass is 10.0. The Labute approximate surface area is 144 Å². The lowest BCUT2D eigenvalue weighted by Gasteiger charge is -2.36. The van der Waals surface area contributed by atoms with Gasteiger partial charge in [-0.05, 0) is 30.5 Å². The normalized spacial score (nSPS) is 20.3. The molecule has 8 nitrogen and oxygen atoms in total. The Balaban J connectivity index is 1.98. The third-order valence-corrected chi connectivity index (χ3v) is 4.27. The zero-order chi connectivity index (χ0) is 17.7. The minimum Gasteiger partial charge on any atom is -0.445 e. The van der Waals surface area contributed by atoms with E-state index in [4.69, 9.17) is 4.74 Å². The van der Waals surface area contributed by atoms with Crippen LogP contribution in [0, 0.1) is 10.1 Å². The van der Waals surface area contributed by atoms with E-state index >= 15 is 0 Å².